The summed E-state index contributed by atoms with van der Waals surface area (Å²) in [5, 5.41) is 30.8. The van der Waals surface area contributed by atoms with Gasteiger partial charge in [0.05, 0.1) is 19.8 Å². The van der Waals surface area contributed by atoms with Crippen LogP contribution in [0.1, 0.15) is 251 Å². The van der Waals surface area contributed by atoms with Gasteiger partial charge in [0.15, 0.2) is 6.29 Å². The van der Waals surface area contributed by atoms with E-state index in [-0.39, 0.29) is 19.6 Å². The van der Waals surface area contributed by atoms with Gasteiger partial charge in [-0.05, 0) is 38.5 Å². The molecule has 0 amide bonds. The summed E-state index contributed by atoms with van der Waals surface area (Å²) in [6.45, 7) is 4.04. The van der Waals surface area contributed by atoms with Crippen molar-refractivity contribution in [2.24, 2.45) is 0 Å². The van der Waals surface area contributed by atoms with Crippen LogP contribution in [-0.2, 0) is 38.3 Å². The number of ether oxygens (including phenoxy) is 4. The van der Waals surface area contributed by atoms with Crippen LogP contribution < -0.4 is 0 Å². The summed E-state index contributed by atoms with van der Waals surface area (Å²) >= 11 is 0. The molecule has 0 aromatic carbocycles. The Morgan fingerprint density at radius 1 is 0.569 bits per heavy atom. The van der Waals surface area contributed by atoms with Crippen LogP contribution in [0.15, 0.2) is 12.2 Å². The highest BCUT2D eigenvalue weighted by Crippen LogP contribution is 2.26. The number of aliphatic hydroxyl groups is 3. The molecule has 6 atom stereocenters. The number of hydrogen-bond donors (Lipinski definition) is 4. The number of carbonyl (C=O) groups is 1. The second kappa shape index (κ2) is 44.1. The van der Waals surface area contributed by atoms with Gasteiger partial charge < -0.3 is 34.3 Å². The first kappa shape index (κ1) is 61.9. The molecule has 0 aliphatic carbocycles. The molecule has 1 rings (SSSR count). The molecule has 65 heavy (non-hydrogen) atoms. The molecule has 4 N–H and O–H groups in total. The largest absolute Gasteiger partial charge is 0.457 e. The molecule has 0 bridgehead atoms. The molecule has 1 heterocycles. The van der Waals surface area contributed by atoms with Gasteiger partial charge in [0, 0.05) is 13.0 Å². The predicted molar refractivity (Wildman–Crippen MR) is 262 cm³/mol. The Labute approximate surface area is 398 Å². The molecule has 386 valence electrons. The Hall–Kier alpha value is -1.16. The maximum atomic E-state index is 12.9. The zero-order chi connectivity index (χ0) is 47.5. The van der Waals surface area contributed by atoms with Gasteiger partial charge in [-0.15, -0.1) is 0 Å². The minimum atomic E-state index is -5.06. The van der Waals surface area contributed by atoms with Gasteiger partial charge in [-0.2, -0.15) is 8.42 Å². The van der Waals surface area contributed by atoms with Crippen LogP contribution in [0.3, 0.4) is 0 Å². The molecule has 1 fully saturated rings. The molecule has 0 saturated carbocycles. The highest BCUT2D eigenvalue weighted by molar-refractivity contribution is 7.80. The first-order valence-electron chi connectivity index (χ1n) is 26.9. The fourth-order valence-corrected chi connectivity index (χ4v) is 9.06. The van der Waals surface area contributed by atoms with Crippen LogP contribution in [0.25, 0.3) is 0 Å². The fraction of sp³-hybridized carbons (Fsp3) is 0.942. The maximum Gasteiger partial charge on any atom is 0.397 e. The van der Waals surface area contributed by atoms with Gasteiger partial charge in [0.1, 0.15) is 30.5 Å². The van der Waals surface area contributed by atoms with E-state index in [0.717, 1.165) is 38.5 Å². The number of rotatable bonds is 48. The minimum Gasteiger partial charge on any atom is -0.457 e. The van der Waals surface area contributed by atoms with E-state index in [0.29, 0.717) is 13.0 Å². The normalized spacial score (nSPS) is 19.6. The number of unbranched alkanes of at least 4 members (excludes halogenated alkanes) is 33. The fourth-order valence-electron chi connectivity index (χ4n) is 8.55. The Kier molecular flexibility index (Phi) is 41.9. The van der Waals surface area contributed by atoms with Crippen molar-refractivity contribution in [1.82, 2.24) is 0 Å². The van der Waals surface area contributed by atoms with E-state index in [1.807, 2.05) is 0 Å². The molecule has 1 aliphatic rings. The summed E-state index contributed by atoms with van der Waals surface area (Å²) in [5.74, 6) is -0.393. The summed E-state index contributed by atoms with van der Waals surface area (Å²) in [5.41, 5.74) is 0. The Balaban J connectivity index is 2.33. The van der Waals surface area contributed by atoms with Crippen molar-refractivity contribution in [1.29, 1.82) is 0 Å². The van der Waals surface area contributed by atoms with E-state index in [1.165, 1.54) is 186 Å². The number of allylic oxidation sites excluding steroid dienone is 2. The average molecular weight is 949 g/mol. The molecule has 0 spiro atoms. The zero-order valence-corrected chi connectivity index (χ0v) is 42.4. The van der Waals surface area contributed by atoms with Crippen LogP contribution >= 0.6 is 0 Å². The second-order valence-corrected chi connectivity index (χ2v) is 19.9. The van der Waals surface area contributed by atoms with Gasteiger partial charge in [-0.1, -0.05) is 219 Å². The lowest BCUT2D eigenvalue weighted by molar-refractivity contribution is -0.301. The first-order chi connectivity index (χ1) is 31.6. The molecule has 1 saturated heterocycles. The van der Waals surface area contributed by atoms with Crippen LogP contribution in [-0.4, -0.2) is 97.5 Å². The van der Waals surface area contributed by atoms with Crippen molar-refractivity contribution < 1.29 is 56.2 Å². The molecule has 0 radical (unpaired) electrons. The number of esters is 1. The standard InChI is InChI=1S/C52H100O12S/c1-3-5-7-9-11-13-15-17-19-21-23-24-26-28-30-32-34-36-38-40-42-60-44-46(45-61-52-50(56)51(64-65(57,58)59)49(55)47(43-53)63-52)62-48(54)41-39-37-35-33-31-29-27-25-22-20-18-16-14-12-10-8-6-4-2/h17,19,46-47,49-53,55-56H,3-16,18,20-45H2,1-2H3,(H,57,58,59)/b19-17-. The van der Waals surface area contributed by atoms with E-state index in [1.54, 1.807) is 0 Å². The molecule has 6 unspecified atom stereocenters. The molecule has 0 aromatic rings. The van der Waals surface area contributed by atoms with E-state index in [9.17, 15) is 33.1 Å². The third-order valence-corrected chi connectivity index (χ3v) is 13.1. The Bertz CT molecular complexity index is 1190. The van der Waals surface area contributed by atoms with Crippen molar-refractivity contribution in [3.8, 4) is 0 Å². The summed E-state index contributed by atoms with van der Waals surface area (Å²) in [6.07, 6.45) is 41.0. The highest BCUT2D eigenvalue weighted by atomic mass is 32.3. The highest BCUT2D eigenvalue weighted by Gasteiger charge is 2.48. The summed E-state index contributed by atoms with van der Waals surface area (Å²) in [4.78, 5) is 12.9. The minimum absolute atomic E-state index is 0.0413. The van der Waals surface area contributed by atoms with Crippen molar-refractivity contribution in [3.05, 3.63) is 12.2 Å². The number of hydrogen-bond acceptors (Lipinski definition) is 11. The van der Waals surface area contributed by atoms with Crippen molar-refractivity contribution >= 4 is 16.4 Å². The molecular weight excluding hydrogens is 849 g/mol. The Morgan fingerprint density at radius 3 is 1.38 bits per heavy atom. The van der Waals surface area contributed by atoms with Gasteiger partial charge in [0.2, 0.25) is 0 Å². The molecule has 0 aromatic heterocycles. The first-order valence-corrected chi connectivity index (χ1v) is 28.3. The third-order valence-electron chi connectivity index (χ3n) is 12.6. The Morgan fingerprint density at radius 2 is 0.969 bits per heavy atom. The topological polar surface area (TPSA) is 178 Å². The van der Waals surface area contributed by atoms with Crippen LogP contribution in [0.5, 0.6) is 0 Å². The van der Waals surface area contributed by atoms with E-state index in [4.69, 9.17) is 18.9 Å². The smallest absolute Gasteiger partial charge is 0.397 e. The van der Waals surface area contributed by atoms with Gasteiger partial charge >= 0.3 is 16.4 Å². The molecule has 12 nitrogen and oxygen atoms in total. The lowest BCUT2D eigenvalue weighted by atomic mass is 9.99. The lowest BCUT2D eigenvalue weighted by Gasteiger charge is -2.41. The number of carbonyl (C=O) groups excluding carboxylic acids is 1. The van der Waals surface area contributed by atoms with Gasteiger partial charge in [-0.3, -0.25) is 9.35 Å². The van der Waals surface area contributed by atoms with E-state index < -0.39 is 59.8 Å². The second-order valence-electron chi connectivity index (χ2n) is 18.8. The van der Waals surface area contributed by atoms with Crippen molar-refractivity contribution in [2.75, 3.05) is 26.4 Å². The summed E-state index contributed by atoms with van der Waals surface area (Å²) < 4.78 is 59.3. The molecule has 1 aliphatic heterocycles. The maximum absolute atomic E-state index is 12.9. The molecule has 13 heteroatoms. The van der Waals surface area contributed by atoms with Crippen molar-refractivity contribution in [2.45, 2.75) is 288 Å². The van der Waals surface area contributed by atoms with Gasteiger partial charge in [-0.25, -0.2) is 4.18 Å². The third kappa shape index (κ3) is 37.4. The lowest BCUT2D eigenvalue weighted by Crippen LogP contribution is -2.60. The average Bonchev–Trinajstić information content (AvgIpc) is 3.28. The predicted octanol–water partition coefficient (Wildman–Crippen LogP) is 12.6. The quantitative estimate of drug-likeness (QED) is 0.0197. The summed E-state index contributed by atoms with van der Waals surface area (Å²) in [7, 11) is -5.06. The summed E-state index contributed by atoms with van der Waals surface area (Å²) in [6, 6.07) is 0. The van der Waals surface area contributed by atoms with E-state index >= 15 is 0 Å². The van der Waals surface area contributed by atoms with Gasteiger partial charge in [0.25, 0.3) is 0 Å². The molecular formula is C52H100O12S. The zero-order valence-electron chi connectivity index (χ0n) is 41.6. The van der Waals surface area contributed by atoms with Crippen molar-refractivity contribution in [3.63, 3.8) is 0 Å². The van der Waals surface area contributed by atoms with E-state index in [2.05, 4.69) is 30.2 Å². The van der Waals surface area contributed by atoms with Crippen LogP contribution in [0, 0.1) is 0 Å². The van der Waals surface area contributed by atoms with Crippen LogP contribution in [0.2, 0.25) is 0 Å². The monoisotopic (exact) mass is 949 g/mol. The van der Waals surface area contributed by atoms with Crippen LogP contribution in [0.4, 0.5) is 0 Å². The number of aliphatic hydroxyl groups excluding tert-OH is 3. The SMILES string of the molecule is CCCCCCCC/C=C\CCCCCCCCCCCCOCC(COC1OC(CO)C(O)C(OS(=O)(=O)O)C1O)OC(=O)CCCCCCCCCCCCCCCCCCCC.